The van der Waals surface area contributed by atoms with Gasteiger partial charge in [0.2, 0.25) is 5.91 Å². The van der Waals surface area contributed by atoms with Crippen LogP contribution in [0.3, 0.4) is 0 Å². The lowest BCUT2D eigenvalue weighted by Gasteiger charge is -2.55. The maximum absolute atomic E-state index is 13.5. The first-order valence-electron chi connectivity index (χ1n) is 8.81. The molecule has 1 unspecified atom stereocenters. The van der Waals surface area contributed by atoms with Crippen molar-refractivity contribution in [3.05, 3.63) is 35.9 Å². The number of nitrogens with zero attached hydrogens (tertiary/aromatic N) is 1. The zero-order chi connectivity index (χ0) is 17.4. The van der Waals surface area contributed by atoms with Crippen molar-refractivity contribution < 1.29 is 14.3 Å². The molecule has 0 N–H and O–H groups in total. The van der Waals surface area contributed by atoms with Crippen LogP contribution in [0, 0.1) is 11.3 Å². The monoisotopic (exact) mass is 329 g/mol. The molecule has 1 aromatic rings. The molecule has 130 valence electrons. The van der Waals surface area contributed by atoms with E-state index in [1.807, 2.05) is 36.9 Å². The molecule has 1 heterocycles. The van der Waals surface area contributed by atoms with Crippen LogP contribution in [0.15, 0.2) is 30.3 Å². The number of rotatable bonds is 4. The number of carbonyl (C=O) groups is 2. The summed E-state index contributed by atoms with van der Waals surface area (Å²) in [5, 5.41) is 0. The lowest BCUT2D eigenvalue weighted by molar-refractivity contribution is -0.157. The van der Waals surface area contributed by atoms with Gasteiger partial charge in [-0.05, 0) is 24.3 Å². The van der Waals surface area contributed by atoms with Crippen molar-refractivity contribution in [3.8, 4) is 0 Å². The number of ketones is 1. The average Bonchev–Trinajstić information content (AvgIpc) is 2.59. The Morgan fingerprint density at radius 2 is 1.92 bits per heavy atom. The second-order valence-electron chi connectivity index (χ2n) is 7.61. The maximum atomic E-state index is 13.5. The standard InChI is InChI=1S/C20H27NO3/c1-19(2)16-10-12-21(13-14-24-3)18(23)20(16,11-9-17(19)22)15-7-5-4-6-8-15/h4-8,16H,9-14H2,1-3H3/t16-,20?/m0/s1. The minimum absolute atomic E-state index is 0.0555. The Morgan fingerprint density at radius 3 is 2.58 bits per heavy atom. The molecule has 4 heteroatoms. The van der Waals surface area contributed by atoms with E-state index in [4.69, 9.17) is 4.74 Å². The highest BCUT2D eigenvalue weighted by atomic mass is 16.5. The molecule has 1 aliphatic heterocycles. The van der Waals surface area contributed by atoms with Gasteiger partial charge < -0.3 is 9.64 Å². The predicted octanol–water partition coefficient (Wildman–Crippen LogP) is 2.81. The van der Waals surface area contributed by atoms with Crippen molar-refractivity contribution in [2.24, 2.45) is 11.3 Å². The quantitative estimate of drug-likeness (QED) is 0.853. The summed E-state index contributed by atoms with van der Waals surface area (Å²) in [6, 6.07) is 10.1. The van der Waals surface area contributed by atoms with Gasteiger partial charge in [0.15, 0.2) is 0 Å². The van der Waals surface area contributed by atoms with Gasteiger partial charge in [0.1, 0.15) is 5.78 Å². The van der Waals surface area contributed by atoms with Crippen LogP contribution < -0.4 is 0 Å². The van der Waals surface area contributed by atoms with E-state index < -0.39 is 10.8 Å². The molecule has 1 aliphatic carbocycles. The van der Waals surface area contributed by atoms with Crippen LogP contribution in [0.2, 0.25) is 0 Å². The van der Waals surface area contributed by atoms with Gasteiger partial charge in [0.25, 0.3) is 0 Å². The highest BCUT2D eigenvalue weighted by Gasteiger charge is 2.60. The molecule has 1 amide bonds. The van der Waals surface area contributed by atoms with Crippen molar-refractivity contribution in [1.29, 1.82) is 0 Å². The number of hydrogen-bond acceptors (Lipinski definition) is 3. The number of Topliss-reactive ketones (excluding diaryl/α,β-unsaturated/α-hetero) is 1. The normalized spacial score (nSPS) is 29.5. The Morgan fingerprint density at radius 1 is 1.21 bits per heavy atom. The van der Waals surface area contributed by atoms with Gasteiger partial charge in [-0.3, -0.25) is 9.59 Å². The first-order chi connectivity index (χ1) is 11.4. The molecule has 1 saturated heterocycles. The van der Waals surface area contributed by atoms with E-state index in [2.05, 4.69) is 12.1 Å². The third-order valence-electron chi connectivity index (χ3n) is 6.14. The largest absolute Gasteiger partial charge is 0.383 e. The summed E-state index contributed by atoms with van der Waals surface area (Å²) in [5.74, 6) is 0.514. The van der Waals surface area contributed by atoms with Crippen molar-refractivity contribution in [2.75, 3.05) is 26.8 Å². The molecule has 2 aliphatic rings. The van der Waals surface area contributed by atoms with E-state index in [1.54, 1.807) is 7.11 Å². The molecule has 0 bridgehead atoms. The second kappa shape index (κ2) is 6.32. The number of hydrogen-bond donors (Lipinski definition) is 0. The molecule has 0 radical (unpaired) electrons. The first kappa shape index (κ1) is 17.2. The Bertz CT molecular complexity index is 625. The third kappa shape index (κ3) is 2.48. The molecule has 0 spiro atoms. The molecule has 2 atom stereocenters. The van der Waals surface area contributed by atoms with Crippen LogP contribution in [0.5, 0.6) is 0 Å². The zero-order valence-corrected chi connectivity index (χ0v) is 14.9. The SMILES string of the molecule is COCCN1CC[C@H]2C(C)(C)C(=O)CCC2(c2ccccc2)C1=O. The van der Waals surface area contributed by atoms with Crippen LogP contribution in [0.25, 0.3) is 0 Å². The number of piperidine rings is 1. The molecule has 2 fully saturated rings. The maximum Gasteiger partial charge on any atom is 0.233 e. The highest BCUT2D eigenvalue weighted by molar-refractivity contribution is 5.95. The minimum atomic E-state index is -0.579. The number of fused-ring (bicyclic) bond motifs is 1. The summed E-state index contributed by atoms with van der Waals surface area (Å²) in [6.07, 6.45) is 1.96. The summed E-state index contributed by atoms with van der Waals surface area (Å²) < 4.78 is 5.18. The molecule has 3 rings (SSSR count). The van der Waals surface area contributed by atoms with Gasteiger partial charge in [0, 0.05) is 32.0 Å². The molecular formula is C20H27NO3. The molecule has 1 saturated carbocycles. The van der Waals surface area contributed by atoms with Crippen molar-refractivity contribution in [1.82, 2.24) is 4.90 Å². The summed E-state index contributed by atoms with van der Waals surface area (Å²) in [5.41, 5.74) is 0.0181. The Labute approximate surface area is 144 Å². The summed E-state index contributed by atoms with van der Waals surface area (Å²) in [7, 11) is 1.66. The van der Waals surface area contributed by atoms with Crippen molar-refractivity contribution in [3.63, 3.8) is 0 Å². The molecular weight excluding hydrogens is 302 g/mol. The van der Waals surface area contributed by atoms with Crippen molar-refractivity contribution in [2.45, 2.75) is 38.5 Å². The molecule has 4 nitrogen and oxygen atoms in total. The number of methoxy groups -OCH3 is 1. The summed E-state index contributed by atoms with van der Waals surface area (Å²) in [6.45, 7) is 5.91. The molecule has 0 aromatic heterocycles. The second-order valence-corrected chi connectivity index (χ2v) is 7.61. The number of ether oxygens (including phenoxy) is 1. The fraction of sp³-hybridized carbons (Fsp3) is 0.600. The fourth-order valence-electron chi connectivity index (χ4n) is 4.77. The Balaban J connectivity index is 2.07. The first-order valence-corrected chi connectivity index (χ1v) is 8.81. The van der Waals surface area contributed by atoms with E-state index in [-0.39, 0.29) is 17.6 Å². The summed E-state index contributed by atoms with van der Waals surface area (Å²) in [4.78, 5) is 28.0. The van der Waals surface area contributed by atoms with Crippen LogP contribution in [0.4, 0.5) is 0 Å². The predicted molar refractivity (Wildman–Crippen MR) is 92.7 cm³/mol. The minimum Gasteiger partial charge on any atom is -0.383 e. The van der Waals surface area contributed by atoms with Gasteiger partial charge in [-0.2, -0.15) is 0 Å². The smallest absolute Gasteiger partial charge is 0.233 e. The average molecular weight is 329 g/mol. The molecule has 1 aromatic carbocycles. The van der Waals surface area contributed by atoms with Gasteiger partial charge in [0.05, 0.1) is 12.0 Å². The fourth-order valence-corrected chi connectivity index (χ4v) is 4.77. The topological polar surface area (TPSA) is 46.6 Å². The molecule has 24 heavy (non-hydrogen) atoms. The number of carbonyl (C=O) groups excluding carboxylic acids is 2. The number of likely N-dealkylation sites (tertiary alicyclic amines) is 1. The van der Waals surface area contributed by atoms with Crippen LogP contribution in [-0.2, 0) is 19.7 Å². The van der Waals surface area contributed by atoms with Crippen molar-refractivity contribution >= 4 is 11.7 Å². The van der Waals surface area contributed by atoms with Crippen LogP contribution >= 0.6 is 0 Å². The summed E-state index contributed by atoms with van der Waals surface area (Å²) >= 11 is 0. The van der Waals surface area contributed by atoms with E-state index in [9.17, 15) is 9.59 Å². The van der Waals surface area contributed by atoms with Gasteiger partial charge >= 0.3 is 0 Å². The van der Waals surface area contributed by atoms with E-state index >= 15 is 0 Å². The lowest BCUT2D eigenvalue weighted by atomic mass is 9.50. The third-order valence-corrected chi connectivity index (χ3v) is 6.14. The van der Waals surface area contributed by atoms with E-state index in [0.29, 0.717) is 32.5 Å². The van der Waals surface area contributed by atoms with Crippen LogP contribution in [0.1, 0.15) is 38.7 Å². The number of amides is 1. The van der Waals surface area contributed by atoms with Gasteiger partial charge in [-0.15, -0.1) is 0 Å². The Kier molecular flexibility index (Phi) is 4.52. The lowest BCUT2D eigenvalue weighted by Crippen LogP contribution is -2.63. The van der Waals surface area contributed by atoms with Gasteiger partial charge in [-0.25, -0.2) is 0 Å². The highest BCUT2D eigenvalue weighted by Crippen LogP contribution is 2.55. The van der Waals surface area contributed by atoms with E-state index in [0.717, 1.165) is 12.0 Å². The van der Waals surface area contributed by atoms with Crippen LogP contribution in [-0.4, -0.2) is 43.4 Å². The zero-order valence-electron chi connectivity index (χ0n) is 14.9. The Hall–Kier alpha value is -1.68. The van der Waals surface area contributed by atoms with E-state index in [1.165, 1.54) is 0 Å². The number of benzene rings is 1. The van der Waals surface area contributed by atoms with Gasteiger partial charge in [-0.1, -0.05) is 44.2 Å².